The van der Waals surface area contributed by atoms with E-state index in [4.69, 9.17) is 5.73 Å². The summed E-state index contributed by atoms with van der Waals surface area (Å²) < 4.78 is 0. The lowest BCUT2D eigenvalue weighted by Gasteiger charge is -2.19. The van der Waals surface area contributed by atoms with Gasteiger partial charge >= 0.3 is 0 Å². The van der Waals surface area contributed by atoms with E-state index in [2.05, 4.69) is 36.8 Å². The summed E-state index contributed by atoms with van der Waals surface area (Å²) in [7, 11) is 0. The van der Waals surface area contributed by atoms with Crippen LogP contribution in [0.3, 0.4) is 0 Å². The maximum atomic E-state index is 6.19. The molecule has 0 aliphatic carbocycles. The number of benzene rings is 1. The Kier molecular flexibility index (Phi) is 2.85. The lowest BCUT2D eigenvalue weighted by molar-refractivity contribution is 0.412. The van der Waals surface area contributed by atoms with Gasteiger partial charge in [-0.2, -0.15) is 0 Å². The zero-order valence-corrected chi connectivity index (χ0v) is 12.1. The molecule has 1 aromatic carbocycles. The van der Waals surface area contributed by atoms with Crippen molar-refractivity contribution in [2.45, 2.75) is 27.2 Å². The molecule has 2 heterocycles. The predicted octanol–water partition coefficient (Wildman–Crippen LogP) is 3.95. The molecule has 2 aromatic heterocycles. The van der Waals surface area contributed by atoms with Gasteiger partial charge in [-0.15, -0.1) is 0 Å². The maximum Gasteiger partial charge on any atom is 0.0985 e. The summed E-state index contributed by atoms with van der Waals surface area (Å²) in [5.41, 5.74) is 10.3. The standard InChI is InChI=1S/C17H19N3/c1-17(2,3)10-11-6-8-20-16-13(11)9-14(18)12-5-4-7-19-15(12)16/h4-9H,10,18H2,1-3H3. The molecule has 102 valence electrons. The zero-order valence-electron chi connectivity index (χ0n) is 12.1. The average Bonchev–Trinajstić information content (AvgIpc) is 2.39. The Labute approximate surface area is 118 Å². The van der Waals surface area contributed by atoms with Crippen molar-refractivity contribution in [1.29, 1.82) is 0 Å². The third kappa shape index (κ3) is 2.20. The van der Waals surface area contributed by atoms with E-state index in [-0.39, 0.29) is 5.41 Å². The van der Waals surface area contributed by atoms with Gasteiger partial charge in [-0.05, 0) is 41.7 Å². The first kappa shape index (κ1) is 12.9. The van der Waals surface area contributed by atoms with E-state index in [0.717, 1.165) is 33.9 Å². The summed E-state index contributed by atoms with van der Waals surface area (Å²) >= 11 is 0. The maximum absolute atomic E-state index is 6.19. The summed E-state index contributed by atoms with van der Waals surface area (Å²) in [5.74, 6) is 0. The first-order valence-electron chi connectivity index (χ1n) is 6.86. The highest BCUT2D eigenvalue weighted by Crippen LogP contribution is 2.32. The second-order valence-electron chi connectivity index (χ2n) is 6.47. The number of pyridine rings is 2. The summed E-state index contributed by atoms with van der Waals surface area (Å²) in [5, 5.41) is 2.09. The quantitative estimate of drug-likeness (QED) is 0.535. The molecule has 0 spiro atoms. The molecule has 0 bridgehead atoms. The van der Waals surface area contributed by atoms with E-state index < -0.39 is 0 Å². The molecule has 0 saturated carbocycles. The van der Waals surface area contributed by atoms with Crippen LogP contribution < -0.4 is 5.73 Å². The van der Waals surface area contributed by atoms with Crippen LogP contribution in [0.25, 0.3) is 21.8 Å². The molecule has 0 aliphatic rings. The van der Waals surface area contributed by atoms with Crippen LogP contribution in [0.4, 0.5) is 5.69 Å². The molecule has 0 amide bonds. The van der Waals surface area contributed by atoms with Crippen molar-refractivity contribution in [3.05, 3.63) is 42.2 Å². The number of rotatable bonds is 1. The van der Waals surface area contributed by atoms with Crippen molar-refractivity contribution in [1.82, 2.24) is 9.97 Å². The molecule has 0 atom stereocenters. The van der Waals surface area contributed by atoms with Gasteiger partial charge in [-0.25, -0.2) is 0 Å². The van der Waals surface area contributed by atoms with E-state index in [1.165, 1.54) is 5.56 Å². The Morgan fingerprint density at radius 2 is 1.70 bits per heavy atom. The molecule has 20 heavy (non-hydrogen) atoms. The van der Waals surface area contributed by atoms with E-state index in [1.807, 2.05) is 24.4 Å². The second kappa shape index (κ2) is 4.44. The van der Waals surface area contributed by atoms with Gasteiger partial charge < -0.3 is 5.73 Å². The highest BCUT2D eigenvalue weighted by Gasteiger charge is 2.15. The molecule has 3 rings (SSSR count). The third-order valence-electron chi connectivity index (χ3n) is 3.44. The minimum atomic E-state index is 0.224. The fourth-order valence-electron chi connectivity index (χ4n) is 2.65. The fraction of sp³-hybridized carbons (Fsp3) is 0.294. The highest BCUT2D eigenvalue weighted by atomic mass is 14.7. The number of nitrogens with two attached hydrogens (primary N) is 1. The van der Waals surface area contributed by atoms with Crippen LogP contribution in [0.1, 0.15) is 26.3 Å². The van der Waals surface area contributed by atoms with Gasteiger partial charge in [0.05, 0.1) is 11.0 Å². The van der Waals surface area contributed by atoms with Crippen molar-refractivity contribution >= 4 is 27.5 Å². The monoisotopic (exact) mass is 265 g/mol. The van der Waals surface area contributed by atoms with Crippen LogP contribution in [-0.2, 0) is 6.42 Å². The smallest absolute Gasteiger partial charge is 0.0985 e. The van der Waals surface area contributed by atoms with Gasteiger partial charge in [0.25, 0.3) is 0 Å². The van der Waals surface area contributed by atoms with Gasteiger partial charge in [0.1, 0.15) is 0 Å². The average molecular weight is 265 g/mol. The van der Waals surface area contributed by atoms with Gasteiger partial charge in [0, 0.05) is 28.9 Å². The fourth-order valence-corrected chi connectivity index (χ4v) is 2.65. The Bertz CT molecular complexity index is 785. The number of nitrogens with zero attached hydrogens (tertiary/aromatic N) is 2. The number of aromatic nitrogens is 2. The Morgan fingerprint density at radius 1 is 1.00 bits per heavy atom. The van der Waals surface area contributed by atoms with Crippen LogP contribution in [0, 0.1) is 5.41 Å². The van der Waals surface area contributed by atoms with Crippen LogP contribution in [0.5, 0.6) is 0 Å². The zero-order chi connectivity index (χ0) is 14.3. The van der Waals surface area contributed by atoms with E-state index in [1.54, 1.807) is 6.20 Å². The number of hydrogen-bond acceptors (Lipinski definition) is 3. The lowest BCUT2D eigenvalue weighted by atomic mass is 9.86. The van der Waals surface area contributed by atoms with Crippen molar-refractivity contribution in [3.63, 3.8) is 0 Å². The molecule has 0 radical (unpaired) electrons. The Morgan fingerprint density at radius 3 is 2.45 bits per heavy atom. The molecule has 0 unspecified atom stereocenters. The highest BCUT2D eigenvalue weighted by molar-refractivity contribution is 6.09. The minimum absolute atomic E-state index is 0.224. The number of nitrogen functional groups attached to an aromatic ring is 1. The van der Waals surface area contributed by atoms with Crippen LogP contribution >= 0.6 is 0 Å². The molecule has 2 N–H and O–H groups in total. The predicted molar refractivity (Wildman–Crippen MR) is 84.6 cm³/mol. The van der Waals surface area contributed by atoms with Crippen LogP contribution in [0.15, 0.2) is 36.7 Å². The van der Waals surface area contributed by atoms with Crippen LogP contribution in [-0.4, -0.2) is 9.97 Å². The number of hydrogen-bond donors (Lipinski definition) is 1. The Hall–Kier alpha value is -2.16. The number of anilines is 1. The molecule has 3 nitrogen and oxygen atoms in total. The normalized spacial score (nSPS) is 12.2. The summed E-state index contributed by atoms with van der Waals surface area (Å²) in [4.78, 5) is 8.99. The lowest BCUT2D eigenvalue weighted by Crippen LogP contribution is -2.09. The molecule has 3 aromatic rings. The van der Waals surface area contributed by atoms with Gasteiger partial charge in [-0.3, -0.25) is 9.97 Å². The largest absolute Gasteiger partial charge is 0.398 e. The summed E-state index contributed by atoms with van der Waals surface area (Å²) in [6.45, 7) is 6.71. The minimum Gasteiger partial charge on any atom is -0.398 e. The summed E-state index contributed by atoms with van der Waals surface area (Å²) in [6, 6.07) is 8.02. The molecule has 0 aliphatic heterocycles. The van der Waals surface area contributed by atoms with E-state index in [0.29, 0.717) is 0 Å². The van der Waals surface area contributed by atoms with E-state index in [9.17, 15) is 0 Å². The molecule has 0 fully saturated rings. The van der Waals surface area contributed by atoms with Gasteiger partial charge in [0.2, 0.25) is 0 Å². The van der Waals surface area contributed by atoms with Gasteiger partial charge in [0.15, 0.2) is 0 Å². The third-order valence-corrected chi connectivity index (χ3v) is 3.44. The Balaban J connectivity index is 2.35. The first-order chi connectivity index (χ1) is 9.46. The van der Waals surface area contributed by atoms with Crippen LogP contribution in [0.2, 0.25) is 0 Å². The van der Waals surface area contributed by atoms with E-state index >= 15 is 0 Å². The molecule has 3 heteroatoms. The second-order valence-corrected chi connectivity index (χ2v) is 6.47. The number of fused-ring (bicyclic) bond motifs is 3. The van der Waals surface area contributed by atoms with Gasteiger partial charge in [-0.1, -0.05) is 20.8 Å². The topological polar surface area (TPSA) is 51.8 Å². The molecule has 0 saturated heterocycles. The first-order valence-corrected chi connectivity index (χ1v) is 6.86. The van der Waals surface area contributed by atoms with Crippen molar-refractivity contribution < 1.29 is 0 Å². The summed E-state index contributed by atoms with van der Waals surface area (Å²) in [6.07, 6.45) is 4.65. The molecular formula is C17H19N3. The molecular weight excluding hydrogens is 246 g/mol. The van der Waals surface area contributed by atoms with Crippen molar-refractivity contribution in [2.24, 2.45) is 5.41 Å². The van der Waals surface area contributed by atoms with Crippen molar-refractivity contribution in [3.8, 4) is 0 Å². The SMILES string of the molecule is CC(C)(C)Cc1ccnc2c1cc(N)c1cccnc12. The van der Waals surface area contributed by atoms with Crippen molar-refractivity contribution in [2.75, 3.05) is 5.73 Å².